The van der Waals surface area contributed by atoms with Gasteiger partial charge in [0, 0.05) is 24.5 Å². The van der Waals surface area contributed by atoms with Crippen LogP contribution in [0.2, 0.25) is 0 Å². The van der Waals surface area contributed by atoms with E-state index in [4.69, 9.17) is 14.2 Å². The van der Waals surface area contributed by atoms with E-state index >= 15 is 0 Å². The molecule has 2 N–H and O–H groups in total. The number of para-hydroxylation sites is 1. The molecule has 152 valence electrons. The van der Waals surface area contributed by atoms with Gasteiger partial charge in [-0.2, -0.15) is 0 Å². The molecule has 3 rings (SSSR count). The number of hydrogen-bond donors (Lipinski definition) is 2. The molecule has 0 fully saturated rings. The zero-order chi connectivity index (χ0) is 19.2. The van der Waals surface area contributed by atoms with Gasteiger partial charge in [0.25, 0.3) is 0 Å². The van der Waals surface area contributed by atoms with Crippen molar-refractivity contribution in [1.29, 1.82) is 0 Å². The lowest BCUT2D eigenvalue weighted by molar-refractivity contribution is 0.235. The lowest BCUT2D eigenvalue weighted by atomic mass is 10.1. The van der Waals surface area contributed by atoms with E-state index in [-0.39, 0.29) is 30.1 Å². The first-order chi connectivity index (χ1) is 13.1. The molecule has 2 aromatic rings. The van der Waals surface area contributed by atoms with Crippen molar-refractivity contribution in [3.63, 3.8) is 0 Å². The largest absolute Gasteiger partial charge is 0.493 e. The molecule has 6 nitrogen and oxygen atoms in total. The molecule has 1 aliphatic heterocycles. The van der Waals surface area contributed by atoms with Crippen LogP contribution in [-0.2, 0) is 13.0 Å². The number of nitrogens with one attached hydrogen (secondary N) is 2. The monoisotopic (exact) mass is 561 g/mol. The molecule has 0 radical (unpaired) electrons. The van der Waals surface area contributed by atoms with Crippen molar-refractivity contribution < 1.29 is 14.2 Å². The van der Waals surface area contributed by atoms with Crippen molar-refractivity contribution in [2.45, 2.75) is 19.1 Å². The first kappa shape index (κ1) is 22.6. The summed E-state index contributed by atoms with van der Waals surface area (Å²) in [6.07, 6.45) is 1.01. The average molecular weight is 562 g/mol. The topological polar surface area (TPSA) is 64.1 Å². The molecule has 1 heterocycles. The molecular formula is C20H25BrIN3O3. The summed E-state index contributed by atoms with van der Waals surface area (Å²) < 4.78 is 17.6. The fourth-order valence-corrected chi connectivity index (χ4v) is 3.47. The van der Waals surface area contributed by atoms with E-state index in [9.17, 15) is 0 Å². The SMILES string of the molecule is CN=C(NCc1cc(OC)c(OC)cc1Br)NCC1Cc2ccccc2O1.I. The van der Waals surface area contributed by atoms with Gasteiger partial charge in [-0.15, -0.1) is 24.0 Å². The fraction of sp³-hybridized carbons (Fsp3) is 0.350. The van der Waals surface area contributed by atoms with Gasteiger partial charge in [-0.25, -0.2) is 0 Å². The lowest BCUT2D eigenvalue weighted by Crippen LogP contribution is -2.42. The molecule has 28 heavy (non-hydrogen) atoms. The molecule has 8 heteroatoms. The van der Waals surface area contributed by atoms with Crippen molar-refractivity contribution in [3.05, 3.63) is 52.0 Å². The molecular weight excluding hydrogens is 537 g/mol. The Hall–Kier alpha value is -1.68. The minimum absolute atomic E-state index is 0. The van der Waals surface area contributed by atoms with E-state index in [2.05, 4.69) is 37.6 Å². The summed E-state index contributed by atoms with van der Waals surface area (Å²) >= 11 is 3.58. The number of rotatable bonds is 6. The van der Waals surface area contributed by atoms with Crippen LogP contribution in [0.5, 0.6) is 17.2 Å². The molecule has 0 saturated heterocycles. The van der Waals surface area contributed by atoms with Crippen molar-refractivity contribution in [2.24, 2.45) is 4.99 Å². The van der Waals surface area contributed by atoms with Crippen molar-refractivity contribution in [2.75, 3.05) is 27.8 Å². The second-order valence-corrected chi connectivity index (χ2v) is 7.01. The predicted octanol–water partition coefficient (Wildman–Crippen LogP) is 3.75. The lowest BCUT2D eigenvalue weighted by Gasteiger charge is -2.17. The Morgan fingerprint density at radius 3 is 2.57 bits per heavy atom. The van der Waals surface area contributed by atoms with Crippen molar-refractivity contribution in [1.82, 2.24) is 10.6 Å². The number of guanidine groups is 1. The third-order valence-electron chi connectivity index (χ3n) is 4.43. The molecule has 1 atom stereocenters. The van der Waals surface area contributed by atoms with Crippen LogP contribution >= 0.6 is 39.9 Å². The van der Waals surface area contributed by atoms with Gasteiger partial charge < -0.3 is 24.8 Å². The molecule has 0 spiro atoms. The Kier molecular flexibility index (Phi) is 8.68. The number of ether oxygens (including phenoxy) is 3. The third-order valence-corrected chi connectivity index (χ3v) is 5.17. The van der Waals surface area contributed by atoms with Crippen LogP contribution in [0.1, 0.15) is 11.1 Å². The Morgan fingerprint density at radius 2 is 1.89 bits per heavy atom. The van der Waals surface area contributed by atoms with Crippen LogP contribution in [0.15, 0.2) is 45.9 Å². The molecule has 2 aromatic carbocycles. The summed E-state index contributed by atoms with van der Waals surface area (Å²) in [6.45, 7) is 1.27. The van der Waals surface area contributed by atoms with Crippen molar-refractivity contribution >= 4 is 45.9 Å². The van der Waals surface area contributed by atoms with E-state index in [0.29, 0.717) is 24.6 Å². The third kappa shape index (κ3) is 5.44. The van der Waals surface area contributed by atoms with Crippen LogP contribution < -0.4 is 24.8 Å². The van der Waals surface area contributed by atoms with Gasteiger partial charge in [0.05, 0.1) is 20.8 Å². The van der Waals surface area contributed by atoms with E-state index in [1.165, 1.54) is 5.56 Å². The highest BCUT2D eigenvalue weighted by molar-refractivity contribution is 14.0. The second kappa shape index (κ2) is 10.8. The number of aliphatic imine (C=N–C) groups is 1. The number of benzene rings is 2. The minimum Gasteiger partial charge on any atom is -0.493 e. The van der Waals surface area contributed by atoms with Crippen LogP contribution in [0.4, 0.5) is 0 Å². The zero-order valence-electron chi connectivity index (χ0n) is 16.1. The summed E-state index contributed by atoms with van der Waals surface area (Å²) in [7, 11) is 5.00. The first-order valence-electron chi connectivity index (χ1n) is 8.74. The smallest absolute Gasteiger partial charge is 0.191 e. The summed E-state index contributed by atoms with van der Waals surface area (Å²) in [5.74, 6) is 3.07. The maximum Gasteiger partial charge on any atom is 0.191 e. The fourth-order valence-electron chi connectivity index (χ4n) is 3.01. The summed E-state index contributed by atoms with van der Waals surface area (Å²) in [5, 5.41) is 6.65. The van der Waals surface area contributed by atoms with Gasteiger partial charge in [0.2, 0.25) is 0 Å². The van der Waals surface area contributed by atoms with Crippen molar-refractivity contribution in [3.8, 4) is 17.2 Å². The summed E-state index contributed by atoms with van der Waals surface area (Å²) in [6, 6.07) is 12.0. The van der Waals surface area contributed by atoms with Crippen LogP contribution in [0.3, 0.4) is 0 Å². The number of methoxy groups -OCH3 is 2. The normalized spacial score (nSPS) is 15.1. The number of halogens is 2. The first-order valence-corrected chi connectivity index (χ1v) is 9.53. The standard InChI is InChI=1S/C20H24BrN3O3.HI/c1-22-20(24-12-15-8-13-6-4-5-7-17(13)27-15)23-11-14-9-18(25-2)19(26-3)10-16(14)21;/h4-7,9-10,15H,8,11-12H2,1-3H3,(H2,22,23,24);1H. The van der Waals surface area contributed by atoms with Gasteiger partial charge >= 0.3 is 0 Å². The predicted molar refractivity (Wildman–Crippen MR) is 125 cm³/mol. The highest BCUT2D eigenvalue weighted by atomic mass is 127. The Balaban J connectivity index is 0.00000280. The molecule has 1 aliphatic rings. The van der Waals surface area contributed by atoms with E-state index in [0.717, 1.165) is 28.2 Å². The number of nitrogens with zero attached hydrogens (tertiary/aromatic N) is 1. The Morgan fingerprint density at radius 1 is 1.18 bits per heavy atom. The molecule has 0 aromatic heterocycles. The maximum atomic E-state index is 5.96. The number of fused-ring (bicyclic) bond motifs is 1. The quantitative estimate of drug-likeness (QED) is 0.319. The summed E-state index contributed by atoms with van der Waals surface area (Å²) in [4.78, 5) is 4.29. The van der Waals surface area contributed by atoms with Gasteiger partial charge in [-0.3, -0.25) is 4.99 Å². The minimum atomic E-state index is 0. The summed E-state index contributed by atoms with van der Waals surface area (Å²) in [5.41, 5.74) is 2.29. The van der Waals surface area contributed by atoms with Crippen LogP contribution in [0.25, 0.3) is 0 Å². The molecule has 0 amide bonds. The number of hydrogen-bond acceptors (Lipinski definition) is 4. The van der Waals surface area contributed by atoms with Gasteiger partial charge in [0.15, 0.2) is 17.5 Å². The van der Waals surface area contributed by atoms with E-state index in [1.54, 1.807) is 21.3 Å². The maximum absolute atomic E-state index is 5.96. The van der Waals surface area contributed by atoms with Gasteiger partial charge in [-0.1, -0.05) is 34.1 Å². The average Bonchev–Trinajstić information content (AvgIpc) is 3.11. The highest BCUT2D eigenvalue weighted by Crippen LogP contribution is 2.33. The highest BCUT2D eigenvalue weighted by Gasteiger charge is 2.22. The van der Waals surface area contributed by atoms with Gasteiger partial charge in [-0.05, 0) is 29.3 Å². The molecule has 0 saturated carbocycles. The van der Waals surface area contributed by atoms with E-state index < -0.39 is 0 Å². The van der Waals surface area contributed by atoms with Crippen LogP contribution in [0, 0.1) is 0 Å². The second-order valence-electron chi connectivity index (χ2n) is 6.16. The van der Waals surface area contributed by atoms with Gasteiger partial charge in [0.1, 0.15) is 11.9 Å². The van der Waals surface area contributed by atoms with E-state index in [1.807, 2.05) is 30.3 Å². The Bertz CT molecular complexity index is 807. The zero-order valence-corrected chi connectivity index (χ0v) is 20.0. The molecule has 1 unspecified atom stereocenters. The molecule has 0 bridgehead atoms. The van der Waals surface area contributed by atoms with Crippen LogP contribution in [-0.4, -0.2) is 39.9 Å². The Labute approximate surface area is 191 Å². The molecule has 0 aliphatic carbocycles.